The summed E-state index contributed by atoms with van der Waals surface area (Å²) in [5.41, 5.74) is 1.81. The Morgan fingerprint density at radius 2 is 2.03 bits per heavy atom. The second-order valence-electron chi connectivity index (χ2n) is 7.31. The van der Waals surface area contributed by atoms with Crippen LogP contribution in [0.25, 0.3) is 0 Å². The molecule has 30 heavy (non-hydrogen) atoms. The third-order valence-electron chi connectivity index (χ3n) is 4.67. The van der Waals surface area contributed by atoms with Crippen molar-refractivity contribution < 1.29 is 23.4 Å². The van der Waals surface area contributed by atoms with Crippen LogP contribution in [0.4, 0.5) is 8.78 Å². The predicted octanol–water partition coefficient (Wildman–Crippen LogP) is 4.59. The number of hydrogen-bond acceptors (Lipinski definition) is 4. The minimum Gasteiger partial charge on any atom is -0.508 e. The molecule has 164 valence electrons. The molecule has 1 unspecified atom stereocenters. The van der Waals surface area contributed by atoms with Crippen LogP contribution in [-0.2, 0) is 9.53 Å². The molecule has 3 aliphatic rings. The first kappa shape index (κ1) is 23.6. The topological polar surface area (TPSA) is 70.6 Å². The molecule has 3 rings (SSSR count). The first-order valence-electron chi connectivity index (χ1n) is 10.2. The second-order valence-corrected chi connectivity index (χ2v) is 7.31. The third-order valence-corrected chi connectivity index (χ3v) is 4.67. The Hall–Kier alpha value is -2.67. The molecule has 1 heterocycles. The SMILES string of the molecule is CC(=O)NCCCNC1CCOC2=C1C=C(O)C=CC2.CC1=CCC(F)=CC(F)=C1. The summed E-state index contributed by atoms with van der Waals surface area (Å²) in [7, 11) is 0. The van der Waals surface area contributed by atoms with Gasteiger partial charge in [0.2, 0.25) is 5.91 Å². The van der Waals surface area contributed by atoms with E-state index < -0.39 is 11.7 Å². The van der Waals surface area contributed by atoms with Gasteiger partial charge in [0.1, 0.15) is 23.2 Å². The number of halogens is 2. The maximum Gasteiger partial charge on any atom is 0.216 e. The second kappa shape index (κ2) is 12.1. The Kier molecular flexibility index (Phi) is 9.54. The van der Waals surface area contributed by atoms with E-state index in [1.807, 2.05) is 6.08 Å². The van der Waals surface area contributed by atoms with Crippen molar-refractivity contribution in [1.29, 1.82) is 0 Å². The average molecular weight is 421 g/mol. The van der Waals surface area contributed by atoms with E-state index in [4.69, 9.17) is 4.74 Å². The normalized spacial score (nSPS) is 20.7. The zero-order valence-corrected chi connectivity index (χ0v) is 17.5. The minimum atomic E-state index is -0.510. The maximum atomic E-state index is 12.4. The molecule has 0 aromatic rings. The third kappa shape index (κ3) is 8.37. The standard InChI is InChI=1S/C15H22N2O3.C8H8F2/c1-11(18)16-7-3-8-17-14-6-9-20-15-5-2-4-12(19)10-13(14)15;1-6-2-3-7(9)5-8(10)4-6/h2,4,10,14,17,19H,3,5-9H2,1H3,(H,16,18);2,4-5H,3H2,1H3. The molecule has 5 nitrogen and oxygen atoms in total. The molecule has 0 bridgehead atoms. The molecule has 3 N–H and O–H groups in total. The van der Waals surface area contributed by atoms with Crippen molar-refractivity contribution in [3.05, 3.63) is 70.8 Å². The van der Waals surface area contributed by atoms with E-state index in [0.29, 0.717) is 13.2 Å². The van der Waals surface area contributed by atoms with Crippen molar-refractivity contribution in [3.8, 4) is 0 Å². The van der Waals surface area contributed by atoms with Crippen molar-refractivity contribution >= 4 is 5.91 Å². The van der Waals surface area contributed by atoms with Crippen molar-refractivity contribution in [2.75, 3.05) is 19.7 Å². The van der Waals surface area contributed by atoms with E-state index in [2.05, 4.69) is 10.6 Å². The molecule has 0 radical (unpaired) electrons. The lowest BCUT2D eigenvalue weighted by atomic mass is 9.99. The maximum absolute atomic E-state index is 12.4. The van der Waals surface area contributed by atoms with Gasteiger partial charge in [0, 0.05) is 50.4 Å². The number of hydrogen-bond donors (Lipinski definition) is 3. The number of amides is 1. The van der Waals surface area contributed by atoms with Crippen LogP contribution in [0.1, 0.15) is 39.5 Å². The van der Waals surface area contributed by atoms with Crippen LogP contribution in [0.2, 0.25) is 0 Å². The van der Waals surface area contributed by atoms with Gasteiger partial charge >= 0.3 is 0 Å². The number of nitrogens with one attached hydrogen (secondary N) is 2. The summed E-state index contributed by atoms with van der Waals surface area (Å²) in [6, 6.07) is 0.207. The fourth-order valence-electron chi connectivity index (χ4n) is 3.21. The smallest absolute Gasteiger partial charge is 0.216 e. The van der Waals surface area contributed by atoms with E-state index >= 15 is 0 Å². The number of allylic oxidation sites excluding steroid dienone is 8. The van der Waals surface area contributed by atoms with Gasteiger partial charge < -0.3 is 20.5 Å². The molecule has 0 spiro atoms. The van der Waals surface area contributed by atoms with Crippen molar-refractivity contribution in [3.63, 3.8) is 0 Å². The van der Waals surface area contributed by atoms with Gasteiger partial charge in [-0.1, -0.05) is 17.7 Å². The van der Waals surface area contributed by atoms with Gasteiger partial charge in [-0.05, 0) is 38.1 Å². The molecule has 2 aliphatic carbocycles. The largest absolute Gasteiger partial charge is 0.508 e. The molecular formula is C23H30F2N2O3. The van der Waals surface area contributed by atoms with Crippen LogP contribution in [0.5, 0.6) is 0 Å². The fraction of sp³-hybridized carbons (Fsp3) is 0.435. The van der Waals surface area contributed by atoms with Gasteiger partial charge in [0.05, 0.1) is 6.61 Å². The molecular weight excluding hydrogens is 390 g/mol. The average Bonchev–Trinajstić information content (AvgIpc) is 2.96. The number of carbonyl (C=O) groups is 1. The van der Waals surface area contributed by atoms with Gasteiger partial charge in [0.25, 0.3) is 0 Å². The molecule has 0 saturated carbocycles. The van der Waals surface area contributed by atoms with Gasteiger partial charge in [-0.2, -0.15) is 0 Å². The lowest BCUT2D eigenvalue weighted by molar-refractivity contribution is -0.118. The Labute approximate surface area is 176 Å². The highest BCUT2D eigenvalue weighted by atomic mass is 19.1. The summed E-state index contributed by atoms with van der Waals surface area (Å²) in [5.74, 6) is 0.277. The van der Waals surface area contributed by atoms with Gasteiger partial charge in [0.15, 0.2) is 0 Å². The van der Waals surface area contributed by atoms with Crippen molar-refractivity contribution in [1.82, 2.24) is 10.6 Å². The lowest BCUT2D eigenvalue weighted by Gasteiger charge is -2.27. The van der Waals surface area contributed by atoms with E-state index in [9.17, 15) is 18.7 Å². The zero-order chi connectivity index (χ0) is 21.9. The van der Waals surface area contributed by atoms with E-state index in [1.165, 1.54) is 13.0 Å². The minimum absolute atomic E-state index is 0.00348. The highest BCUT2D eigenvalue weighted by Crippen LogP contribution is 2.26. The van der Waals surface area contributed by atoms with Crippen molar-refractivity contribution in [2.45, 2.75) is 45.6 Å². The lowest BCUT2D eigenvalue weighted by Crippen LogP contribution is -2.37. The van der Waals surface area contributed by atoms with Gasteiger partial charge in [-0.25, -0.2) is 8.78 Å². The zero-order valence-electron chi connectivity index (χ0n) is 17.5. The van der Waals surface area contributed by atoms with E-state index in [0.717, 1.165) is 48.8 Å². The van der Waals surface area contributed by atoms with Crippen LogP contribution in [-0.4, -0.2) is 36.8 Å². The molecule has 0 aromatic heterocycles. The molecule has 1 amide bonds. The van der Waals surface area contributed by atoms with Crippen molar-refractivity contribution in [2.24, 2.45) is 0 Å². The molecule has 1 atom stereocenters. The summed E-state index contributed by atoms with van der Waals surface area (Å²) in [4.78, 5) is 10.8. The van der Waals surface area contributed by atoms with Crippen LogP contribution in [0, 0.1) is 0 Å². The predicted molar refractivity (Wildman–Crippen MR) is 114 cm³/mol. The number of carbonyl (C=O) groups excluding carboxylic acids is 1. The Morgan fingerprint density at radius 3 is 2.80 bits per heavy atom. The van der Waals surface area contributed by atoms with E-state index in [1.54, 1.807) is 25.2 Å². The Bertz CT molecular complexity index is 807. The number of ether oxygens (including phenoxy) is 1. The summed E-state index contributed by atoms with van der Waals surface area (Å²) in [6.45, 7) is 5.47. The molecule has 1 aliphatic heterocycles. The fourth-order valence-corrected chi connectivity index (χ4v) is 3.21. The summed E-state index contributed by atoms with van der Waals surface area (Å²) >= 11 is 0. The Balaban J connectivity index is 0.000000269. The van der Waals surface area contributed by atoms with E-state index in [-0.39, 0.29) is 24.1 Å². The molecule has 7 heteroatoms. The summed E-state index contributed by atoms with van der Waals surface area (Å²) in [6.07, 6.45) is 12.0. The molecule has 0 saturated heterocycles. The number of rotatable bonds is 5. The van der Waals surface area contributed by atoms with Gasteiger partial charge in [-0.15, -0.1) is 0 Å². The molecule has 0 fully saturated rings. The van der Waals surface area contributed by atoms with Crippen LogP contribution in [0.15, 0.2) is 70.8 Å². The summed E-state index contributed by atoms with van der Waals surface area (Å²) < 4.78 is 30.5. The number of aliphatic hydroxyl groups is 1. The monoisotopic (exact) mass is 420 g/mol. The van der Waals surface area contributed by atoms with Crippen LogP contribution < -0.4 is 10.6 Å². The molecule has 0 aromatic carbocycles. The highest BCUT2D eigenvalue weighted by molar-refractivity contribution is 5.72. The number of aliphatic hydroxyl groups excluding tert-OH is 1. The van der Waals surface area contributed by atoms with Gasteiger partial charge in [-0.3, -0.25) is 4.79 Å². The highest BCUT2D eigenvalue weighted by Gasteiger charge is 2.23. The Morgan fingerprint density at radius 1 is 1.23 bits per heavy atom. The van der Waals surface area contributed by atoms with Crippen LogP contribution in [0.3, 0.4) is 0 Å². The first-order chi connectivity index (χ1) is 14.3. The quantitative estimate of drug-likeness (QED) is 0.569. The summed E-state index contributed by atoms with van der Waals surface area (Å²) in [5, 5.41) is 16.0. The first-order valence-corrected chi connectivity index (χ1v) is 10.2. The van der Waals surface area contributed by atoms with Crippen LogP contribution >= 0.6 is 0 Å².